The van der Waals surface area contributed by atoms with Crippen molar-refractivity contribution in [3.63, 3.8) is 0 Å². The number of hydrogen-bond acceptors (Lipinski definition) is 4. The molecular weight excluding hydrogens is 232 g/mol. The van der Waals surface area contributed by atoms with E-state index in [0.29, 0.717) is 16.4 Å². The summed E-state index contributed by atoms with van der Waals surface area (Å²) < 4.78 is 31.6. The quantitative estimate of drug-likeness (QED) is 0.393. The second-order valence-electron chi connectivity index (χ2n) is 2.23. The molecule has 0 atom stereocenters. The van der Waals surface area contributed by atoms with Gasteiger partial charge in [0.05, 0.1) is 10.7 Å². The topological polar surface area (TPSA) is 127 Å². The molecule has 14 heavy (non-hydrogen) atoms. The fourth-order valence-corrected chi connectivity index (χ4v) is 0.680. The molecule has 0 fully saturated rings. The highest BCUT2D eigenvalue weighted by atomic mass is 35.5. The molecule has 0 spiro atoms. The third-order valence-electron chi connectivity index (χ3n) is 1.02. The van der Waals surface area contributed by atoms with Crippen LogP contribution in [0.4, 0.5) is 11.4 Å². The van der Waals surface area contributed by atoms with Gasteiger partial charge in [-0.15, -0.1) is 0 Å². The predicted octanol–water partition coefficient (Wildman–Crippen LogP) is 0.852. The summed E-state index contributed by atoms with van der Waals surface area (Å²) in [5, 5.41) is 0.546. The van der Waals surface area contributed by atoms with Gasteiger partial charge in [-0.1, -0.05) is 11.6 Å². The summed E-state index contributed by atoms with van der Waals surface area (Å²) in [5.41, 5.74) is 12.0. The molecule has 0 saturated heterocycles. The Labute approximate surface area is 86.1 Å². The zero-order valence-electron chi connectivity index (χ0n) is 6.88. The maximum absolute atomic E-state index is 8.74. The van der Waals surface area contributed by atoms with Gasteiger partial charge in [0.1, 0.15) is 0 Å². The zero-order chi connectivity index (χ0) is 11.4. The van der Waals surface area contributed by atoms with Crippen molar-refractivity contribution in [2.45, 2.75) is 0 Å². The SMILES string of the molecule is Nc1ccc(Cl)c(N)c1.O=S(=O)(O)O. The number of halogens is 1. The van der Waals surface area contributed by atoms with E-state index < -0.39 is 10.4 Å². The number of anilines is 2. The molecule has 0 aliphatic heterocycles. The largest absolute Gasteiger partial charge is 0.399 e. The van der Waals surface area contributed by atoms with Crippen molar-refractivity contribution < 1.29 is 17.5 Å². The first-order valence-corrected chi connectivity index (χ1v) is 4.98. The van der Waals surface area contributed by atoms with E-state index in [9.17, 15) is 0 Å². The molecule has 0 saturated carbocycles. The van der Waals surface area contributed by atoms with E-state index in [2.05, 4.69) is 0 Å². The van der Waals surface area contributed by atoms with Gasteiger partial charge in [0, 0.05) is 5.69 Å². The van der Waals surface area contributed by atoms with Crippen molar-refractivity contribution in [1.82, 2.24) is 0 Å². The molecule has 0 amide bonds. The van der Waals surface area contributed by atoms with E-state index >= 15 is 0 Å². The number of nitrogen functional groups attached to an aromatic ring is 2. The van der Waals surface area contributed by atoms with Crippen molar-refractivity contribution in [3.8, 4) is 0 Å². The minimum atomic E-state index is -4.67. The summed E-state index contributed by atoms with van der Waals surface area (Å²) in [5.74, 6) is 0. The molecule has 1 aromatic carbocycles. The minimum Gasteiger partial charge on any atom is -0.399 e. The Kier molecular flexibility index (Phi) is 4.64. The Balaban J connectivity index is 0.000000292. The van der Waals surface area contributed by atoms with Crippen LogP contribution in [0.25, 0.3) is 0 Å². The second kappa shape index (κ2) is 5.01. The molecule has 6 nitrogen and oxygen atoms in total. The standard InChI is InChI=1S/C6H7ClN2.H2O4S/c7-5-2-1-4(8)3-6(5)9;1-5(2,3)4/h1-3H,8-9H2;(H2,1,2,3,4). The van der Waals surface area contributed by atoms with Crippen LogP contribution in [-0.4, -0.2) is 17.5 Å². The van der Waals surface area contributed by atoms with Crippen LogP contribution in [0.1, 0.15) is 0 Å². The highest BCUT2D eigenvalue weighted by Crippen LogP contribution is 2.19. The molecule has 0 bridgehead atoms. The summed E-state index contributed by atoms with van der Waals surface area (Å²) in [7, 11) is -4.67. The van der Waals surface area contributed by atoms with Gasteiger partial charge < -0.3 is 11.5 Å². The maximum atomic E-state index is 8.74. The molecule has 0 radical (unpaired) electrons. The van der Waals surface area contributed by atoms with E-state index in [0.717, 1.165) is 0 Å². The van der Waals surface area contributed by atoms with Crippen LogP contribution in [0, 0.1) is 0 Å². The summed E-state index contributed by atoms with van der Waals surface area (Å²) >= 11 is 5.60. The Morgan fingerprint density at radius 2 is 1.64 bits per heavy atom. The average Bonchev–Trinajstić information content (AvgIpc) is 1.94. The average molecular weight is 241 g/mol. The van der Waals surface area contributed by atoms with E-state index in [1.807, 2.05) is 0 Å². The molecular formula is C6H9ClN2O4S. The maximum Gasteiger partial charge on any atom is 0.394 e. The lowest BCUT2D eigenvalue weighted by Gasteiger charge is -1.96. The van der Waals surface area contributed by atoms with E-state index in [-0.39, 0.29) is 0 Å². The molecule has 1 rings (SSSR count). The summed E-state index contributed by atoms with van der Waals surface area (Å²) in [4.78, 5) is 0. The normalized spacial score (nSPS) is 10.2. The van der Waals surface area contributed by atoms with Crippen molar-refractivity contribution in [2.24, 2.45) is 0 Å². The Morgan fingerprint density at radius 1 is 1.21 bits per heavy atom. The van der Waals surface area contributed by atoms with E-state index in [4.69, 9.17) is 40.6 Å². The highest BCUT2D eigenvalue weighted by Gasteiger charge is 1.92. The van der Waals surface area contributed by atoms with Crippen LogP contribution < -0.4 is 11.5 Å². The predicted molar refractivity (Wildman–Crippen MR) is 54.5 cm³/mol. The number of benzene rings is 1. The smallest absolute Gasteiger partial charge is 0.394 e. The van der Waals surface area contributed by atoms with E-state index in [1.54, 1.807) is 18.2 Å². The molecule has 80 valence electrons. The summed E-state index contributed by atoms with van der Waals surface area (Å²) in [6.07, 6.45) is 0. The van der Waals surface area contributed by atoms with Crippen LogP contribution in [0.2, 0.25) is 5.02 Å². The van der Waals surface area contributed by atoms with Crippen molar-refractivity contribution >= 4 is 33.4 Å². The Morgan fingerprint density at radius 3 is 1.93 bits per heavy atom. The van der Waals surface area contributed by atoms with Crippen molar-refractivity contribution in [2.75, 3.05) is 11.5 Å². The monoisotopic (exact) mass is 240 g/mol. The van der Waals surface area contributed by atoms with Crippen LogP contribution in [0.3, 0.4) is 0 Å². The number of hydrogen-bond donors (Lipinski definition) is 4. The fraction of sp³-hybridized carbons (Fsp3) is 0. The van der Waals surface area contributed by atoms with Gasteiger partial charge in [-0.3, -0.25) is 9.11 Å². The highest BCUT2D eigenvalue weighted by molar-refractivity contribution is 7.79. The second-order valence-corrected chi connectivity index (χ2v) is 3.53. The third kappa shape index (κ3) is 7.62. The van der Waals surface area contributed by atoms with Gasteiger partial charge in [-0.2, -0.15) is 8.42 Å². The fourth-order valence-electron chi connectivity index (χ4n) is 0.562. The first kappa shape index (κ1) is 13.0. The molecule has 1 aromatic rings. The molecule has 0 aliphatic carbocycles. The lowest BCUT2D eigenvalue weighted by atomic mass is 10.3. The van der Waals surface area contributed by atoms with Crippen LogP contribution in [0.5, 0.6) is 0 Å². The molecule has 0 aromatic heterocycles. The van der Waals surface area contributed by atoms with Crippen molar-refractivity contribution in [3.05, 3.63) is 23.2 Å². The lowest BCUT2D eigenvalue weighted by molar-refractivity contribution is 0.381. The van der Waals surface area contributed by atoms with Gasteiger partial charge in [-0.05, 0) is 18.2 Å². The zero-order valence-corrected chi connectivity index (χ0v) is 8.46. The first-order valence-electron chi connectivity index (χ1n) is 3.20. The third-order valence-corrected chi connectivity index (χ3v) is 1.36. The summed E-state index contributed by atoms with van der Waals surface area (Å²) in [6.45, 7) is 0. The van der Waals surface area contributed by atoms with Gasteiger partial charge in [-0.25, -0.2) is 0 Å². The minimum absolute atomic E-state index is 0.525. The van der Waals surface area contributed by atoms with Gasteiger partial charge in [0.25, 0.3) is 0 Å². The molecule has 8 heteroatoms. The van der Waals surface area contributed by atoms with Crippen LogP contribution in [-0.2, 0) is 10.4 Å². The van der Waals surface area contributed by atoms with Crippen LogP contribution in [0.15, 0.2) is 18.2 Å². The lowest BCUT2D eigenvalue weighted by Crippen LogP contribution is -1.89. The molecule has 0 unspecified atom stereocenters. The van der Waals surface area contributed by atoms with Gasteiger partial charge >= 0.3 is 10.4 Å². The van der Waals surface area contributed by atoms with Gasteiger partial charge in [0.15, 0.2) is 0 Å². The molecule has 6 N–H and O–H groups in total. The number of rotatable bonds is 0. The molecule has 0 heterocycles. The van der Waals surface area contributed by atoms with E-state index in [1.165, 1.54) is 0 Å². The molecule has 0 aliphatic rings. The van der Waals surface area contributed by atoms with Crippen molar-refractivity contribution in [1.29, 1.82) is 0 Å². The van der Waals surface area contributed by atoms with Gasteiger partial charge in [0.2, 0.25) is 0 Å². The van der Waals surface area contributed by atoms with Crippen LogP contribution >= 0.6 is 11.6 Å². The first-order chi connectivity index (χ1) is 6.20. The Bertz CT molecular complexity index is 398. The number of nitrogens with two attached hydrogens (primary N) is 2. The Hall–Kier alpha value is -1.02. The summed E-state index contributed by atoms with van der Waals surface area (Å²) in [6, 6.07) is 5.01.